The van der Waals surface area contributed by atoms with Crippen LogP contribution in [0.1, 0.15) is 23.2 Å². The van der Waals surface area contributed by atoms with Crippen molar-refractivity contribution in [1.29, 1.82) is 0 Å². The van der Waals surface area contributed by atoms with Gasteiger partial charge in [-0.25, -0.2) is 0 Å². The van der Waals surface area contributed by atoms with Gasteiger partial charge in [0, 0.05) is 36.8 Å². The quantitative estimate of drug-likeness (QED) is 0.542. The van der Waals surface area contributed by atoms with E-state index in [1.54, 1.807) is 23.1 Å². The summed E-state index contributed by atoms with van der Waals surface area (Å²) in [6.45, 7) is 5.71. The average molecular weight is 461 g/mol. The lowest BCUT2D eigenvalue weighted by molar-refractivity contribution is 0.0615. The third-order valence-electron chi connectivity index (χ3n) is 5.07. The maximum Gasteiger partial charge on any atom is 0.255 e. The number of nitrogens with zero attached hydrogens (tertiary/aromatic N) is 4. The molecule has 1 saturated heterocycles. The third kappa shape index (κ3) is 5.18. The summed E-state index contributed by atoms with van der Waals surface area (Å²) >= 11 is 12.1. The zero-order chi connectivity index (χ0) is 21.8. The zero-order valence-corrected chi connectivity index (χ0v) is 18.6. The third-order valence-corrected chi connectivity index (χ3v) is 5.62. The molecule has 2 aromatic carbocycles. The molecule has 1 aliphatic heterocycles. The van der Waals surface area contributed by atoms with Crippen LogP contribution in [-0.2, 0) is 6.54 Å². The van der Waals surface area contributed by atoms with Gasteiger partial charge in [-0.05, 0) is 49.4 Å². The second-order valence-electron chi connectivity index (χ2n) is 7.16. The number of halogens is 2. The second kappa shape index (κ2) is 9.68. The van der Waals surface area contributed by atoms with Crippen LogP contribution in [0.2, 0.25) is 10.0 Å². The highest BCUT2D eigenvalue weighted by Crippen LogP contribution is 2.23. The Bertz CT molecular complexity index is 1050. The van der Waals surface area contributed by atoms with Gasteiger partial charge in [-0.15, -0.1) is 0 Å². The first kappa shape index (κ1) is 21.6. The van der Waals surface area contributed by atoms with Gasteiger partial charge in [0.15, 0.2) is 0 Å². The number of ether oxygens (including phenoxy) is 1. The molecule has 0 spiro atoms. The van der Waals surface area contributed by atoms with E-state index in [0.717, 1.165) is 11.3 Å². The van der Waals surface area contributed by atoms with Crippen molar-refractivity contribution in [2.75, 3.05) is 32.8 Å². The lowest BCUT2D eigenvalue weighted by Crippen LogP contribution is -2.48. The van der Waals surface area contributed by atoms with Crippen molar-refractivity contribution >= 4 is 29.1 Å². The predicted octanol–water partition coefficient (Wildman–Crippen LogP) is 4.40. The lowest BCUT2D eigenvalue weighted by Gasteiger charge is -2.34. The fourth-order valence-electron chi connectivity index (χ4n) is 3.44. The monoisotopic (exact) mass is 460 g/mol. The van der Waals surface area contributed by atoms with Crippen molar-refractivity contribution < 1.29 is 14.1 Å². The van der Waals surface area contributed by atoms with Gasteiger partial charge in [-0.1, -0.05) is 28.4 Å². The summed E-state index contributed by atoms with van der Waals surface area (Å²) in [4.78, 5) is 21.2. The molecule has 0 unspecified atom stereocenters. The molecule has 7 nitrogen and oxygen atoms in total. The largest absolute Gasteiger partial charge is 0.494 e. The van der Waals surface area contributed by atoms with E-state index in [4.69, 9.17) is 32.5 Å². The number of benzene rings is 2. The van der Waals surface area contributed by atoms with E-state index in [1.165, 1.54) is 0 Å². The highest BCUT2D eigenvalue weighted by molar-refractivity contribution is 6.36. The van der Waals surface area contributed by atoms with Crippen molar-refractivity contribution in [3.8, 4) is 17.1 Å². The van der Waals surface area contributed by atoms with Crippen molar-refractivity contribution in [3.05, 3.63) is 64.0 Å². The standard InChI is InChI=1S/C22H22Cl2N4O3/c1-2-30-17-6-3-15(4-7-17)21-25-20(31-26-21)14-27-9-11-28(12-10-27)22(29)18-8-5-16(23)13-19(18)24/h3-8,13H,2,9-12,14H2,1H3. The maximum atomic E-state index is 12.8. The van der Waals surface area contributed by atoms with E-state index < -0.39 is 0 Å². The SMILES string of the molecule is CCOc1ccc(-c2noc(CN3CCN(C(=O)c4ccc(Cl)cc4Cl)CC3)n2)cc1. The van der Waals surface area contributed by atoms with Gasteiger partial charge in [0.05, 0.1) is 23.7 Å². The Hall–Kier alpha value is -2.61. The Balaban J connectivity index is 1.32. The van der Waals surface area contributed by atoms with Crippen LogP contribution >= 0.6 is 23.2 Å². The van der Waals surface area contributed by atoms with Gasteiger partial charge in [-0.2, -0.15) is 4.98 Å². The first-order chi connectivity index (χ1) is 15.0. The van der Waals surface area contributed by atoms with E-state index in [2.05, 4.69) is 15.0 Å². The van der Waals surface area contributed by atoms with Gasteiger partial charge in [0.2, 0.25) is 11.7 Å². The van der Waals surface area contributed by atoms with Gasteiger partial charge in [0.1, 0.15) is 5.75 Å². The molecule has 4 rings (SSSR count). The molecule has 0 atom stereocenters. The smallest absolute Gasteiger partial charge is 0.255 e. The Labute approximate surface area is 190 Å². The number of rotatable bonds is 6. The van der Waals surface area contributed by atoms with Crippen molar-refractivity contribution in [2.45, 2.75) is 13.5 Å². The molecule has 0 bridgehead atoms. The molecular weight excluding hydrogens is 439 g/mol. The Morgan fingerprint density at radius 1 is 1.10 bits per heavy atom. The summed E-state index contributed by atoms with van der Waals surface area (Å²) in [6.07, 6.45) is 0. The number of carbonyl (C=O) groups is 1. The first-order valence-corrected chi connectivity index (χ1v) is 10.8. The van der Waals surface area contributed by atoms with Crippen LogP contribution in [0.4, 0.5) is 0 Å². The van der Waals surface area contributed by atoms with Gasteiger partial charge >= 0.3 is 0 Å². The van der Waals surface area contributed by atoms with E-state index in [9.17, 15) is 4.79 Å². The normalized spacial score (nSPS) is 14.6. The Morgan fingerprint density at radius 2 is 1.84 bits per heavy atom. The summed E-state index contributed by atoms with van der Waals surface area (Å²) in [5, 5.41) is 4.96. The van der Waals surface area contributed by atoms with Gasteiger partial charge < -0.3 is 14.2 Å². The van der Waals surface area contributed by atoms with Crippen LogP contribution in [0.15, 0.2) is 47.0 Å². The lowest BCUT2D eigenvalue weighted by atomic mass is 10.2. The summed E-state index contributed by atoms with van der Waals surface area (Å²) in [6, 6.07) is 12.5. The topological polar surface area (TPSA) is 71.7 Å². The predicted molar refractivity (Wildman–Crippen MR) is 119 cm³/mol. The first-order valence-electron chi connectivity index (χ1n) is 10.1. The molecule has 0 N–H and O–H groups in total. The molecule has 3 aromatic rings. The maximum absolute atomic E-state index is 12.8. The van der Waals surface area contributed by atoms with Crippen LogP contribution in [0, 0.1) is 0 Å². The van der Waals surface area contributed by atoms with E-state index in [-0.39, 0.29) is 5.91 Å². The molecule has 0 saturated carbocycles. The highest BCUT2D eigenvalue weighted by atomic mass is 35.5. The minimum absolute atomic E-state index is 0.0862. The van der Waals surface area contributed by atoms with E-state index >= 15 is 0 Å². The van der Waals surface area contributed by atoms with Crippen molar-refractivity contribution in [1.82, 2.24) is 19.9 Å². The molecule has 1 aromatic heterocycles. The molecule has 2 heterocycles. The molecular formula is C22H22Cl2N4O3. The molecule has 0 radical (unpaired) electrons. The number of carbonyl (C=O) groups excluding carboxylic acids is 1. The number of amides is 1. The van der Waals surface area contributed by atoms with Gasteiger partial charge in [-0.3, -0.25) is 9.69 Å². The van der Waals surface area contributed by atoms with Crippen molar-refractivity contribution in [2.24, 2.45) is 0 Å². The van der Waals surface area contributed by atoms with Crippen LogP contribution < -0.4 is 4.74 Å². The van der Waals surface area contributed by atoms with E-state index in [0.29, 0.717) is 66.7 Å². The Kier molecular flexibility index (Phi) is 6.75. The number of hydrogen-bond donors (Lipinski definition) is 0. The van der Waals surface area contributed by atoms with E-state index in [1.807, 2.05) is 31.2 Å². The zero-order valence-electron chi connectivity index (χ0n) is 17.1. The summed E-state index contributed by atoms with van der Waals surface area (Å²) < 4.78 is 10.9. The molecule has 1 fully saturated rings. The fraction of sp³-hybridized carbons (Fsp3) is 0.318. The molecule has 1 aliphatic rings. The fourth-order valence-corrected chi connectivity index (χ4v) is 3.93. The Morgan fingerprint density at radius 3 is 2.52 bits per heavy atom. The summed E-state index contributed by atoms with van der Waals surface area (Å²) in [5.74, 6) is 1.81. The van der Waals surface area contributed by atoms with Crippen LogP contribution in [-0.4, -0.2) is 58.6 Å². The van der Waals surface area contributed by atoms with Crippen LogP contribution in [0.5, 0.6) is 5.75 Å². The molecule has 162 valence electrons. The molecule has 0 aliphatic carbocycles. The minimum atomic E-state index is -0.0862. The second-order valence-corrected chi connectivity index (χ2v) is 8.01. The number of piperazine rings is 1. The average Bonchev–Trinajstić information content (AvgIpc) is 3.23. The van der Waals surface area contributed by atoms with Crippen LogP contribution in [0.25, 0.3) is 11.4 Å². The number of aromatic nitrogens is 2. The summed E-state index contributed by atoms with van der Waals surface area (Å²) in [7, 11) is 0. The highest BCUT2D eigenvalue weighted by Gasteiger charge is 2.24. The minimum Gasteiger partial charge on any atom is -0.494 e. The molecule has 31 heavy (non-hydrogen) atoms. The van der Waals surface area contributed by atoms with Crippen molar-refractivity contribution in [3.63, 3.8) is 0 Å². The number of hydrogen-bond acceptors (Lipinski definition) is 6. The van der Waals surface area contributed by atoms with Gasteiger partial charge in [0.25, 0.3) is 5.91 Å². The molecule has 9 heteroatoms. The molecule has 1 amide bonds. The van der Waals surface area contributed by atoms with Crippen LogP contribution in [0.3, 0.4) is 0 Å². The summed E-state index contributed by atoms with van der Waals surface area (Å²) in [5.41, 5.74) is 1.34.